The third-order valence-corrected chi connectivity index (χ3v) is 5.27. The SMILES string of the molecule is CCOC(=O)CN1CCCN(C(=O)c2cc3ccccc3s2)CC1. The fraction of sp³-hybridized carbons (Fsp3) is 0.444. The standard InChI is InChI=1S/C18H22N2O3S/c1-2-23-17(21)13-19-8-5-9-20(11-10-19)18(22)16-12-14-6-3-4-7-15(14)24-16/h3-4,6-7,12H,2,5,8-11,13H2,1H3. The Labute approximate surface area is 145 Å². The zero-order valence-electron chi connectivity index (χ0n) is 13.9. The molecule has 0 radical (unpaired) electrons. The van der Waals surface area contributed by atoms with Crippen molar-refractivity contribution in [3.8, 4) is 0 Å². The minimum atomic E-state index is -0.193. The van der Waals surface area contributed by atoms with Crippen molar-refractivity contribution in [3.63, 3.8) is 0 Å². The third kappa shape index (κ3) is 3.94. The topological polar surface area (TPSA) is 49.9 Å². The number of carbonyl (C=O) groups is 2. The number of thiophene rings is 1. The molecule has 1 aromatic heterocycles. The molecule has 2 aromatic rings. The molecule has 0 bridgehead atoms. The molecule has 0 saturated carbocycles. The Kier molecular flexibility index (Phi) is 5.48. The van der Waals surface area contributed by atoms with Gasteiger partial charge in [0.1, 0.15) is 0 Å². The van der Waals surface area contributed by atoms with E-state index < -0.39 is 0 Å². The van der Waals surface area contributed by atoms with Gasteiger partial charge in [-0.2, -0.15) is 0 Å². The second kappa shape index (κ2) is 7.77. The van der Waals surface area contributed by atoms with Gasteiger partial charge in [0.15, 0.2) is 0 Å². The normalized spacial score (nSPS) is 16.1. The number of carbonyl (C=O) groups excluding carboxylic acids is 2. The summed E-state index contributed by atoms with van der Waals surface area (Å²) >= 11 is 1.54. The Hall–Kier alpha value is -1.92. The molecule has 0 unspecified atom stereocenters. The van der Waals surface area contributed by atoms with Crippen molar-refractivity contribution < 1.29 is 14.3 Å². The minimum absolute atomic E-state index is 0.0918. The molecule has 128 valence electrons. The maximum atomic E-state index is 12.8. The fourth-order valence-electron chi connectivity index (χ4n) is 2.96. The van der Waals surface area contributed by atoms with Crippen molar-refractivity contribution in [1.29, 1.82) is 0 Å². The van der Waals surface area contributed by atoms with E-state index >= 15 is 0 Å². The average molecular weight is 346 g/mol. The summed E-state index contributed by atoms with van der Waals surface area (Å²) in [7, 11) is 0. The van der Waals surface area contributed by atoms with E-state index in [0.717, 1.165) is 34.5 Å². The number of hydrogen-bond acceptors (Lipinski definition) is 5. The lowest BCUT2D eigenvalue weighted by Crippen LogP contribution is -2.36. The highest BCUT2D eigenvalue weighted by Crippen LogP contribution is 2.26. The zero-order chi connectivity index (χ0) is 16.9. The van der Waals surface area contributed by atoms with Crippen LogP contribution in [0.1, 0.15) is 23.0 Å². The van der Waals surface area contributed by atoms with Crippen molar-refractivity contribution in [1.82, 2.24) is 9.80 Å². The smallest absolute Gasteiger partial charge is 0.320 e. The molecule has 1 aliphatic rings. The largest absolute Gasteiger partial charge is 0.465 e. The van der Waals surface area contributed by atoms with Crippen LogP contribution in [0.3, 0.4) is 0 Å². The maximum absolute atomic E-state index is 12.8. The first-order chi connectivity index (χ1) is 11.7. The van der Waals surface area contributed by atoms with Gasteiger partial charge in [0.05, 0.1) is 18.0 Å². The minimum Gasteiger partial charge on any atom is -0.465 e. The summed E-state index contributed by atoms with van der Waals surface area (Å²) in [6.07, 6.45) is 0.871. The number of nitrogens with zero attached hydrogens (tertiary/aromatic N) is 2. The number of fused-ring (bicyclic) bond motifs is 1. The summed E-state index contributed by atoms with van der Waals surface area (Å²) in [6, 6.07) is 10.0. The highest BCUT2D eigenvalue weighted by Gasteiger charge is 2.22. The van der Waals surface area contributed by atoms with E-state index in [9.17, 15) is 9.59 Å². The summed E-state index contributed by atoms with van der Waals surface area (Å²) in [6.45, 7) is 5.41. The fourth-order valence-corrected chi connectivity index (χ4v) is 4.00. The predicted octanol–water partition coefficient (Wildman–Crippen LogP) is 2.61. The number of amides is 1. The van der Waals surface area contributed by atoms with Crippen LogP contribution in [-0.2, 0) is 9.53 Å². The number of ether oxygens (including phenoxy) is 1. The first-order valence-electron chi connectivity index (χ1n) is 8.33. The molecule has 1 amide bonds. The van der Waals surface area contributed by atoms with Crippen LogP contribution in [0.4, 0.5) is 0 Å². The van der Waals surface area contributed by atoms with Crippen molar-refractivity contribution in [2.45, 2.75) is 13.3 Å². The van der Waals surface area contributed by atoms with Crippen LogP contribution in [0.2, 0.25) is 0 Å². The summed E-state index contributed by atoms with van der Waals surface area (Å²) in [5.41, 5.74) is 0. The second-order valence-electron chi connectivity index (χ2n) is 5.88. The molecule has 0 N–H and O–H groups in total. The molecule has 1 aliphatic heterocycles. The number of hydrogen-bond donors (Lipinski definition) is 0. The van der Waals surface area contributed by atoms with Crippen LogP contribution in [-0.4, -0.2) is 61.0 Å². The first-order valence-corrected chi connectivity index (χ1v) is 9.15. The second-order valence-corrected chi connectivity index (χ2v) is 6.96. The number of esters is 1. The number of benzene rings is 1. The average Bonchev–Trinajstić information content (AvgIpc) is 2.88. The lowest BCUT2D eigenvalue weighted by molar-refractivity contribution is -0.144. The van der Waals surface area contributed by atoms with E-state index in [1.165, 1.54) is 0 Å². The monoisotopic (exact) mass is 346 g/mol. The molecule has 1 fully saturated rings. The van der Waals surface area contributed by atoms with Gasteiger partial charge in [-0.3, -0.25) is 14.5 Å². The van der Waals surface area contributed by atoms with Crippen LogP contribution in [0.25, 0.3) is 10.1 Å². The van der Waals surface area contributed by atoms with Crippen LogP contribution < -0.4 is 0 Å². The van der Waals surface area contributed by atoms with E-state index in [4.69, 9.17) is 4.74 Å². The van der Waals surface area contributed by atoms with Crippen molar-refractivity contribution in [2.75, 3.05) is 39.3 Å². The molecule has 3 rings (SSSR count). The van der Waals surface area contributed by atoms with E-state index in [-0.39, 0.29) is 11.9 Å². The predicted molar refractivity (Wildman–Crippen MR) is 95.4 cm³/mol. The van der Waals surface area contributed by atoms with E-state index in [2.05, 4.69) is 4.90 Å². The molecule has 1 aromatic carbocycles. The molecular formula is C18H22N2O3S. The Morgan fingerprint density at radius 3 is 2.79 bits per heavy atom. The van der Waals surface area contributed by atoms with Crippen molar-refractivity contribution in [3.05, 3.63) is 35.2 Å². The molecule has 24 heavy (non-hydrogen) atoms. The van der Waals surface area contributed by atoms with Gasteiger partial charge in [-0.25, -0.2) is 0 Å². The molecule has 6 heteroatoms. The number of rotatable bonds is 4. The summed E-state index contributed by atoms with van der Waals surface area (Å²) < 4.78 is 6.14. The Balaban J connectivity index is 1.63. The van der Waals surface area contributed by atoms with Crippen molar-refractivity contribution in [2.24, 2.45) is 0 Å². The Morgan fingerprint density at radius 1 is 1.17 bits per heavy atom. The summed E-state index contributed by atoms with van der Waals surface area (Å²) in [4.78, 5) is 29.1. The Morgan fingerprint density at radius 2 is 2.00 bits per heavy atom. The van der Waals surface area contributed by atoms with Gasteiger partial charge in [0.25, 0.3) is 5.91 Å². The van der Waals surface area contributed by atoms with Gasteiger partial charge in [-0.15, -0.1) is 11.3 Å². The summed E-state index contributed by atoms with van der Waals surface area (Å²) in [5, 5.41) is 1.12. The van der Waals surface area contributed by atoms with Gasteiger partial charge in [-0.05, 0) is 30.9 Å². The Bertz CT molecular complexity index is 695. The van der Waals surface area contributed by atoms with Crippen LogP contribution in [0.15, 0.2) is 30.3 Å². The van der Waals surface area contributed by atoms with Gasteiger partial charge in [0, 0.05) is 30.9 Å². The molecule has 2 heterocycles. The van der Waals surface area contributed by atoms with Gasteiger partial charge >= 0.3 is 5.97 Å². The van der Waals surface area contributed by atoms with E-state index in [0.29, 0.717) is 26.2 Å². The van der Waals surface area contributed by atoms with E-state index in [1.54, 1.807) is 11.3 Å². The first kappa shape index (κ1) is 16.9. The zero-order valence-corrected chi connectivity index (χ0v) is 14.7. The maximum Gasteiger partial charge on any atom is 0.320 e. The van der Waals surface area contributed by atoms with E-state index in [1.807, 2.05) is 42.2 Å². The van der Waals surface area contributed by atoms with Crippen molar-refractivity contribution >= 4 is 33.3 Å². The van der Waals surface area contributed by atoms with Gasteiger partial charge in [-0.1, -0.05) is 18.2 Å². The van der Waals surface area contributed by atoms with Gasteiger partial charge < -0.3 is 9.64 Å². The van der Waals surface area contributed by atoms with Gasteiger partial charge in [0.2, 0.25) is 0 Å². The molecular weight excluding hydrogens is 324 g/mol. The molecule has 5 nitrogen and oxygen atoms in total. The van der Waals surface area contributed by atoms with Crippen LogP contribution in [0.5, 0.6) is 0 Å². The summed E-state index contributed by atoms with van der Waals surface area (Å²) in [5.74, 6) is -0.101. The van der Waals surface area contributed by atoms with Crippen LogP contribution in [0, 0.1) is 0 Å². The third-order valence-electron chi connectivity index (χ3n) is 4.17. The molecule has 1 saturated heterocycles. The highest BCUT2D eigenvalue weighted by atomic mass is 32.1. The highest BCUT2D eigenvalue weighted by molar-refractivity contribution is 7.20. The molecule has 0 aliphatic carbocycles. The lowest BCUT2D eigenvalue weighted by Gasteiger charge is -2.21. The lowest BCUT2D eigenvalue weighted by atomic mass is 10.2. The quantitative estimate of drug-likeness (QED) is 0.799. The molecule has 0 spiro atoms. The van der Waals surface area contributed by atoms with Crippen LogP contribution >= 0.6 is 11.3 Å². The molecule has 0 atom stereocenters.